The Balaban J connectivity index is 1.54. The Kier molecular flexibility index (Phi) is 7.74. The molecule has 1 N–H and O–H groups in total. The second kappa shape index (κ2) is 10.3. The van der Waals surface area contributed by atoms with Gasteiger partial charge in [0.05, 0.1) is 5.56 Å². The number of benzene rings is 1. The van der Waals surface area contributed by atoms with Crippen LogP contribution in [0.4, 0.5) is 13.2 Å². The number of aromatic nitrogens is 1. The number of amides is 1. The lowest BCUT2D eigenvalue weighted by Gasteiger charge is -2.32. The summed E-state index contributed by atoms with van der Waals surface area (Å²) in [6.07, 6.45) is -3.36. The number of likely N-dealkylation sites (N-methyl/N-ethyl adjacent to an activating group) is 1. The molecule has 31 heavy (non-hydrogen) atoms. The molecule has 1 saturated heterocycles. The highest BCUT2D eigenvalue weighted by Crippen LogP contribution is 2.25. The highest BCUT2D eigenvalue weighted by atomic mass is 35.5. The molecule has 0 saturated carbocycles. The van der Waals surface area contributed by atoms with Gasteiger partial charge in [0.1, 0.15) is 5.02 Å². The van der Waals surface area contributed by atoms with E-state index < -0.39 is 18.7 Å². The average molecular weight is 457 g/mol. The minimum atomic E-state index is -4.50. The zero-order valence-corrected chi connectivity index (χ0v) is 17.8. The van der Waals surface area contributed by atoms with Crippen molar-refractivity contribution in [2.24, 2.45) is 0 Å². The Bertz CT molecular complexity index is 902. The van der Waals surface area contributed by atoms with Crippen LogP contribution < -0.4 is 10.1 Å². The van der Waals surface area contributed by atoms with Crippen molar-refractivity contribution in [1.29, 1.82) is 0 Å². The van der Waals surface area contributed by atoms with Crippen molar-refractivity contribution in [3.8, 4) is 5.88 Å². The number of carbonyl (C=O) groups excluding carboxylic acids is 1. The van der Waals surface area contributed by atoms with Gasteiger partial charge in [-0.25, -0.2) is 4.98 Å². The fraction of sp³-hybridized carbons (Fsp3) is 0.429. The summed E-state index contributed by atoms with van der Waals surface area (Å²) in [5, 5.41) is 2.62. The van der Waals surface area contributed by atoms with Crippen molar-refractivity contribution >= 4 is 17.5 Å². The Labute approximate surface area is 183 Å². The number of hydrogen-bond donors (Lipinski definition) is 1. The number of hydrogen-bond acceptors (Lipinski definition) is 5. The van der Waals surface area contributed by atoms with Crippen LogP contribution in [0.25, 0.3) is 0 Å². The Morgan fingerprint density at radius 3 is 2.58 bits per heavy atom. The molecule has 2 heterocycles. The number of halogens is 4. The fourth-order valence-electron chi connectivity index (χ4n) is 3.19. The molecule has 0 radical (unpaired) electrons. The topological polar surface area (TPSA) is 57.7 Å². The van der Waals surface area contributed by atoms with E-state index in [9.17, 15) is 18.0 Å². The van der Waals surface area contributed by atoms with Gasteiger partial charge in [-0.1, -0.05) is 35.9 Å². The van der Waals surface area contributed by atoms with Gasteiger partial charge in [-0.2, -0.15) is 13.2 Å². The molecular formula is C21H24ClF3N4O2. The first-order valence-corrected chi connectivity index (χ1v) is 10.2. The van der Waals surface area contributed by atoms with E-state index >= 15 is 0 Å². The summed E-state index contributed by atoms with van der Waals surface area (Å²) in [5.74, 6) is -0.798. The molecule has 0 spiro atoms. The van der Waals surface area contributed by atoms with Crippen LogP contribution >= 0.6 is 11.6 Å². The van der Waals surface area contributed by atoms with E-state index in [-0.39, 0.29) is 16.5 Å². The van der Waals surface area contributed by atoms with Crippen LogP contribution in [0.15, 0.2) is 36.5 Å². The quantitative estimate of drug-likeness (QED) is 0.692. The highest BCUT2D eigenvalue weighted by Gasteiger charge is 2.29. The first-order valence-electron chi connectivity index (χ1n) is 9.81. The van der Waals surface area contributed by atoms with Gasteiger partial charge in [0, 0.05) is 45.5 Å². The molecule has 1 aliphatic heterocycles. The van der Waals surface area contributed by atoms with E-state index in [2.05, 4.69) is 44.0 Å². The van der Waals surface area contributed by atoms with E-state index in [1.165, 1.54) is 11.6 Å². The molecule has 1 aromatic carbocycles. The largest absolute Gasteiger partial charge is 0.467 e. The van der Waals surface area contributed by atoms with Crippen LogP contribution in [0.1, 0.15) is 21.5 Å². The second-order valence-corrected chi connectivity index (χ2v) is 7.90. The number of nitrogens with one attached hydrogen (secondary N) is 1. The number of carbonyl (C=O) groups is 1. The third-order valence-corrected chi connectivity index (χ3v) is 5.16. The van der Waals surface area contributed by atoms with E-state index in [0.717, 1.165) is 44.5 Å². The normalized spacial score (nSPS) is 15.6. The third kappa shape index (κ3) is 7.37. The monoisotopic (exact) mass is 456 g/mol. The molecule has 168 valence electrons. The van der Waals surface area contributed by atoms with Crippen molar-refractivity contribution < 1.29 is 22.7 Å². The summed E-state index contributed by atoms with van der Waals surface area (Å²) >= 11 is 5.90. The molecule has 1 aromatic heterocycles. The van der Waals surface area contributed by atoms with Crippen LogP contribution in [0.2, 0.25) is 5.02 Å². The smallest absolute Gasteiger partial charge is 0.422 e. The first-order chi connectivity index (χ1) is 14.7. The molecule has 0 bridgehead atoms. The molecule has 1 aliphatic rings. The molecule has 1 amide bonds. The Morgan fingerprint density at radius 1 is 1.19 bits per heavy atom. The van der Waals surface area contributed by atoms with Crippen molar-refractivity contribution in [2.45, 2.75) is 19.3 Å². The lowest BCUT2D eigenvalue weighted by atomic mass is 10.1. The van der Waals surface area contributed by atoms with E-state index in [0.29, 0.717) is 6.54 Å². The molecule has 1 fully saturated rings. The average Bonchev–Trinajstić information content (AvgIpc) is 2.72. The maximum atomic E-state index is 12.4. The zero-order chi connectivity index (χ0) is 22.4. The van der Waals surface area contributed by atoms with Gasteiger partial charge >= 0.3 is 6.18 Å². The molecule has 6 nitrogen and oxygen atoms in total. The summed E-state index contributed by atoms with van der Waals surface area (Å²) in [4.78, 5) is 20.8. The van der Waals surface area contributed by atoms with E-state index in [4.69, 9.17) is 11.6 Å². The molecule has 3 rings (SSSR count). The van der Waals surface area contributed by atoms with Crippen molar-refractivity contribution in [3.05, 3.63) is 58.2 Å². The number of pyridine rings is 1. The third-order valence-electron chi connectivity index (χ3n) is 4.89. The van der Waals surface area contributed by atoms with Crippen LogP contribution in [0.3, 0.4) is 0 Å². The predicted octanol–water partition coefficient (Wildman–Crippen LogP) is 3.35. The summed E-state index contributed by atoms with van der Waals surface area (Å²) < 4.78 is 41.3. The zero-order valence-electron chi connectivity index (χ0n) is 17.1. The molecular weight excluding hydrogens is 433 g/mol. The molecule has 10 heteroatoms. The van der Waals surface area contributed by atoms with Crippen molar-refractivity contribution in [2.75, 3.05) is 39.8 Å². The van der Waals surface area contributed by atoms with E-state index in [1.807, 2.05) is 12.1 Å². The minimum Gasteiger partial charge on any atom is -0.467 e. The van der Waals surface area contributed by atoms with Gasteiger partial charge in [0.2, 0.25) is 5.88 Å². The van der Waals surface area contributed by atoms with Gasteiger partial charge in [0.25, 0.3) is 5.91 Å². The highest BCUT2D eigenvalue weighted by molar-refractivity contribution is 6.32. The molecule has 0 aliphatic carbocycles. The lowest BCUT2D eigenvalue weighted by Crippen LogP contribution is -2.43. The molecule has 0 unspecified atom stereocenters. The summed E-state index contributed by atoms with van der Waals surface area (Å²) in [6.45, 7) is 3.80. The molecule has 0 atom stereocenters. The van der Waals surface area contributed by atoms with E-state index in [1.54, 1.807) is 0 Å². The van der Waals surface area contributed by atoms with Gasteiger partial charge < -0.3 is 15.0 Å². The van der Waals surface area contributed by atoms with Crippen molar-refractivity contribution in [3.63, 3.8) is 0 Å². The maximum absolute atomic E-state index is 12.4. The predicted molar refractivity (Wildman–Crippen MR) is 111 cm³/mol. The molecule has 2 aromatic rings. The van der Waals surface area contributed by atoms with Crippen molar-refractivity contribution in [1.82, 2.24) is 20.1 Å². The maximum Gasteiger partial charge on any atom is 0.422 e. The standard InChI is InChI=1S/C21H24ClF3N4O2/c1-28-5-7-29(8-6-28)13-16-4-2-3-15(9-16)11-26-19(30)17-10-18(22)20(27-12-17)31-14-21(23,24)25/h2-4,9-10,12H,5-8,11,13-14H2,1H3,(H,26,30). The van der Waals surface area contributed by atoms with Crippen LogP contribution in [-0.2, 0) is 13.1 Å². The second-order valence-electron chi connectivity index (χ2n) is 7.50. The lowest BCUT2D eigenvalue weighted by molar-refractivity contribution is -0.154. The summed E-state index contributed by atoms with van der Waals surface area (Å²) in [7, 11) is 2.12. The number of alkyl halides is 3. The van der Waals surface area contributed by atoms with Gasteiger partial charge in [-0.3, -0.25) is 9.69 Å². The minimum absolute atomic E-state index is 0.137. The number of piperazine rings is 1. The number of nitrogens with zero attached hydrogens (tertiary/aromatic N) is 3. The van der Waals surface area contributed by atoms with Crippen LogP contribution in [0.5, 0.6) is 5.88 Å². The number of ether oxygens (including phenoxy) is 1. The first kappa shape index (κ1) is 23.3. The van der Waals surface area contributed by atoms with Crippen LogP contribution in [-0.4, -0.2) is 66.7 Å². The summed E-state index contributed by atoms with van der Waals surface area (Å²) in [5.41, 5.74) is 2.26. The van der Waals surface area contributed by atoms with Crippen LogP contribution in [0, 0.1) is 0 Å². The fourth-order valence-corrected chi connectivity index (χ4v) is 3.41. The van der Waals surface area contributed by atoms with Gasteiger partial charge in [-0.15, -0.1) is 0 Å². The SMILES string of the molecule is CN1CCN(Cc2cccc(CNC(=O)c3cnc(OCC(F)(F)F)c(Cl)c3)c2)CC1. The summed E-state index contributed by atoms with van der Waals surface area (Å²) in [6, 6.07) is 9.23. The van der Waals surface area contributed by atoms with Gasteiger partial charge in [-0.05, 0) is 24.2 Å². The Morgan fingerprint density at radius 2 is 1.90 bits per heavy atom. The number of rotatable bonds is 7. The Hall–Kier alpha value is -2.36. The van der Waals surface area contributed by atoms with Gasteiger partial charge in [0.15, 0.2) is 6.61 Å².